The fourth-order valence-electron chi connectivity index (χ4n) is 3.05. The van der Waals surface area contributed by atoms with Gasteiger partial charge >= 0.3 is 0 Å². The van der Waals surface area contributed by atoms with Crippen LogP contribution < -0.4 is 15.5 Å². The van der Waals surface area contributed by atoms with Crippen LogP contribution in [-0.2, 0) is 6.42 Å². The average molecular weight is 470 g/mol. The molecular formula is C19H27IN4S. The van der Waals surface area contributed by atoms with Gasteiger partial charge < -0.3 is 15.5 Å². The molecule has 3 rings (SSSR count). The fraction of sp³-hybridized carbons (Fsp3) is 0.421. The molecule has 0 bridgehead atoms. The first kappa shape index (κ1) is 20.0. The average Bonchev–Trinajstić information content (AvgIpc) is 3.17. The number of hydrogen-bond acceptors (Lipinski definition) is 3. The SMILES string of the molecule is CN=C(NCCc1ccccc1)NC1CCN(c2cccs2)CC1.I. The van der Waals surface area contributed by atoms with Gasteiger partial charge in [0.15, 0.2) is 5.96 Å². The molecule has 6 heteroatoms. The highest BCUT2D eigenvalue weighted by molar-refractivity contribution is 14.0. The van der Waals surface area contributed by atoms with E-state index in [1.165, 1.54) is 10.6 Å². The van der Waals surface area contributed by atoms with E-state index in [1.807, 2.05) is 18.4 Å². The number of benzene rings is 1. The molecule has 4 nitrogen and oxygen atoms in total. The lowest BCUT2D eigenvalue weighted by molar-refractivity contribution is 0.463. The summed E-state index contributed by atoms with van der Waals surface area (Å²) in [5.41, 5.74) is 1.35. The molecule has 2 aromatic rings. The molecule has 25 heavy (non-hydrogen) atoms. The third-order valence-corrected chi connectivity index (χ3v) is 5.36. The molecule has 0 atom stereocenters. The van der Waals surface area contributed by atoms with Crippen molar-refractivity contribution in [2.24, 2.45) is 4.99 Å². The third-order valence-electron chi connectivity index (χ3n) is 4.43. The van der Waals surface area contributed by atoms with Gasteiger partial charge in [-0.25, -0.2) is 0 Å². The Labute approximate surface area is 171 Å². The second-order valence-electron chi connectivity index (χ2n) is 6.09. The predicted molar refractivity (Wildman–Crippen MR) is 120 cm³/mol. The molecule has 0 saturated carbocycles. The van der Waals surface area contributed by atoms with Crippen molar-refractivity contribution in [1.29, 1.82) is 0 Å². The summed E-state index contributed by atoms with van der Waals surface area (Å²) in [6, 6.07) is 15.4. The lowest BCUT2D eigenvalue weighted by Crippen LogP contribution is -2.49. The van der Waals surface area contributed by atoms with Gasteiger partial charge in [0.05, 0.1) is 5.00 Å². The first-order valence-electron chi connectivity index (χ1n) is 8.65. The Balaban J connectivity index is 0.00000225. The van der Waals surface area contributed by atoms with Gasteiger partial charge in [-0.3, -0.25) is 4.99 Å². The molecule has 2 N–H and O–H groups in total. The Kier molecular flexibility index (Phi) is 8.54. The van der Waals surface area contributed by atoms with E-state index >= 15 is 0 Å². The molecule has 136 valence electrons. The van der Waals surface area contributed by atoms with Crippen LogP contribution in [0.3, 0.4) is 0 Å². The standard InChI is InChI=1S/C19H26N4S.HI/c1-20-19(21-12-9-16-6-3-2-4-7-16)22-17-10-13-23(14-11-17)18-8-5-15-24-18;/h2-8,15,17H,9-14H2,1H3,(H2,20,21,22);1H. The van der Waals surface area contributed by atoms with Gasteiger partial charge in [0, 0.05) is 32.7 Å². The number of nitrogens with zero attached hydrogens (tertiary/aromatic N) is 2. The number of rotatable bonds is 5. The first-order chi connectivity index (χ1) is 11.8. The number of nitrogens with one attached hydrogen (secondary N) is 2. The summed E-state index contributed by atoms with van der Waals surface area (Å²) in [4.78, 5) is 6.85. The molecule has 1 aliphatic rings. The van der Waals surface area contributed by atoms with Gasteiger partial charge in [-0.15, -0.1) is 35.3 Å². The van der Waals surface area contributed by atoms with Crippen LogP contribution in [0.1, 0.15) is 18.4 Å². The van der Waals surface area contributed by atoms with E-state index in [1.54, 1.807) is 0 Å². The van der Waals surface area contributed by atoms with E-state index in [2.05, 4.69) is 68.4 Å². The Bertz CT molecular complexity index is 622. The summed E-state index contributed by atoms with van der Waals surface area (Å²) in [5, 5.41) is 10.5. The Morgan fingerprint density at radius 1 is 1.16 bits per heavy atom. The number of thiophene rings is 1. The zero-order valence-corrected chi connectivity index (χ0v) is 17.8. The quantitative estimate of drug-likeness (QED) is 0.398. The van der Waals surface area contributed by atoms with Gasteiger partial charge in [-0.2, -0.15) is 0 Å². The molecule has 1 saturated heterocycles. The summed E-state index contributed by atoms with van der Waals surface area (Å²) in [6.07, 6.45) is 3.31. The largest absolute Gasteiger partial charge is 0.363 e. The van der Waals surface area contributed by atoms with Crippen molar-refractivity contribution in [2.45, 2.75) is 25.3 Å². The molecule has 0 spiro atoms. The topological polar surface area (TPSA) is 39.7 Å². The number of anilines is 1. The summed E-state index contributed by atoms with van der Waals surface area (Å²) < 4.78 is 0. The second kappa shape index (κ2) is 10.7. The van der Waals surface area contributed by atoms with Crippen molar-refractivity contribution in [3.05, 3.63) is 53.4 Å². The van der Waals surface area contributed by atoms with Crippen LogP contribution in [0.5, 0.6) is 0 Å². The van der Waals surface area contributed by atoms with Gasteiger partial charge in [-0.05, 0) is 42.3 Å². The Morgan fingerprint density at radius 3 is 2.56 bits per heavy atom. The molecule has 2 heterocycles. The minimum absolute atomic E-state index is 0. The number of guanidine groups is 1. The molecule has 0 unspecified atom stereocenters. The maximum absolute atomic E-state index is 4.37. The highest BCUT2D eigenvalue weighted by Gasteiger charge is 2.20. The maximum atomic E-state index is 4.37. The monoisotopic (exact) mass is 470 g/mol. The molecule has 1 aromatic carbocycles. The predicted octanol–water partition coefficient (Wildman–Crippen LogP) is 3.74. The summed E-state index contributed by atoms with van der Waals surface area (Å²) >= 11 is 1.83. The highest BCUT2D eigenvalue weighted by Crippen LogP contribution is 2.24. The molecule has 0 aliphatic carbocycles. The van der Waals surface area contributed by atoms with E-state index in [0.29, 0.717) is 6.04 Å². The van der Waals surface area contributed by atoms with Crippen LogP contribution in [0.25, 0.3) is 0 Å². The maximum Gasteiger partial charge on any atom is 0.191 e. The number of halogens is 1. The van der Waals surface area contributed by atoms with Crippen molar-refractivity contribution in [2.75, 3.05) is 31.6 Å². The van der Waals surface area contributed by atoms with Crippen molar-refractivity contribution in [3.63, 3.8) is 0 Å². The number of piperidine rings is 1. The Hall–Kier alpha value is -1.28. The van der Waals surface area contributed by atoms with E-state index in [9.17, 15) is 0 Å². The minimum Gasteiger partial charge on any atom is -0.363 e. The fourth-order valence-corrected chi connectivity index (χ4v) is 3.84. The molecular weight excluding hydrogens is 443 g/mol. The zero-order chi connectivity index (χ0) is 16.6. The van der Waals surface area contributed by atoms with Gasteiger partial charge in [0.1, 0.15) is 0 Å². The van der Waals surface area contributed by atoms with Crippen LogP contribution in [0.4, 0.5) is 5.00 Å². The third kappa shape index (κ3) is 6.18. The smallest absolute Gasteiger partial charge is 0.191 e. The van der Waals surface area contributed by atoms with Crippen molar-refractivity contribution < 1.29 is 0 Å². The number of hydrogen-bond donors (Lipinski definition) is 2. The zero-order valence-electron chi connectivity index (χ0n) is 14.6. The van der Waals surface area contributed by atoms with Crippen molar-refractivity contribution >= 4 is 46.3 Å². The van der Waals surface area contributed by atoms with E-state index in [0.717, 1.165) is 44.9 Å². The van der Waals surface area contributed by atoms with Gasteiger partial charge in [-0.1, -0.05) is 30.3 Å². The van der Waals surface area contributed by atoms with Crippen molar-refractivity contribution in [3.8, 4) is 0 Å². The highest BCUT2D eigenvalue weighted by atomic mass is 127. The van der Waals surface area contributed by atoms with Gasteiger partial charge in [0.25, 0.3) is 0 Å². The van der Waals surface area contributed by atoms with Crippen LogP contribution in [-0.4, -0.2) is 38.7 Å². The first-order valence-corrected chi connectivity index (χ1v) is 9.52. The van der Waals surface area contributed by atoms with Gasteiger partial charge in [0.2, 0.25) is 0 Å². The molecule has 0 amide bonds. The van der Waals surface area contributed by atoms with E-state index in [4.69, 9.17) is 0 Å². The second-order valence-corrected chi connectivity index (χ2v) is 7.02. The van der Waals surface area contributed by atoms with Crippen molar-refractivity contribution in [1.82, 2.24) is 10.6 Å². The number of aliphatic imine (C=N–C) groups is 1. The molecule has 1 aliphatic heterocycles. The van der Waals surface area contributed by atoms with Crippen LogP contribution in [0.15, 0.2) is 52.8 Å². The van der Waals surface area contributed by atoms with Crippen LogP contribution >= 0.6 is 35.3 Å². The van der Waals surface area contributed by atoms with E-state index < -0.39 is 0 Å². The lowest BCUT2D eigenvalue weighted by Gasteiger charge is -2.33. The Morgan fingerprint density at radius 2 is 1.92 bits per heavy atom. The summed E-state index contributed by atoms with van der Waals surface area (Å²) in [6.45, 7) is 3.12. The van der Waals surface area contributed by atoms with Crippen LogP contribution in [0.2, 0.25) is 0 Å². The molecule has 0 radical (unpaired) electrons. The van der Waals surface area contributed by atoms with Crippen LogP contribution in [0, 0.1) is 0 Å². The van der Waals surface area contributed by atoms with E-state index in [-0.39, 0.29) is 24.0 Å². The normalized spacial score (nSPS) is 15.6. The minimum atomic E-state index is 0. The summed E-state index contributed by atoms with van der Waals surface area (Å²) in [7, 11) is 1.85. The lowest BCUT2D eigenvalue weighted by atomic mass is 10.1. The molecule has 1 aromatic heterocycles. The molecule has 1 fully saturated rings. The summed E-state index contributed by atoms with van der Waals surface area (Å²) in [5.74, 6) is 0.917.